The first-order valence-corrected chi connectivity index (χ1v) is 8.75. The van der Waals surface area contributed by atoms with Crippen LogP contribution in [0.4, 0.5) is 0 Å². The van der Waals surface area contributed by atoms with E-state index in [2.05, 4.69) is 20.6 Å². The van der Waals surface area contributed by atoms with Gasteiger partial charge in [0.2, 0.25) is 18.1 Å². The lowest BCUT2D eigenvalue weighted by atomic mass is 10.0. The van der Waals surface area contributed by atoms with Gasteiger partial charge < -0.3 is 28.0 Å². The van der Waals surface area contributed by atoms with Crippen LogP contribution in [0.2, 0.25) is 0 Å². The van der Waals surface area contributed by atoms with Crippen LogP contribution in [0.1, 0.15) is 40.5 Å². The van der Waals surface area contributed by atoms with E-state index in [1.54, 1.807) is 0 Å². The van der Waals surface area contributed by atoms with E-state index in [4.69, 9.17) is 38.7 Å². The first-order chi connectivity index (χ1) is 13.3. The molecule has 0 aliphatic carbocycles. The minimum absolute atomic E-state index is 0.137. The molecule has 1 heterocycles. The Morgan fingerprint density at radius 2 is 1.90 bits per heavy atom. The number of nitrogens with one attached hydrogen (secondary N) is 3. The lowest BCUT2D eigenvalue weighted by molar-refractivity contribution is -0.138. The Morgan fingerprint density at radius 1 is 1.34 bits per heavy atom. The van der Waals surface area contributed by atoms with Crippen molar-refractivity contribution < 1.29 is 14.7 Å². The smallest absolute Gasteiger partial charge is 0.320 e. The fraction of sp³-hybridized carbons (Fsp3) is 0.625. The van der Waals surface area contributed by atoms with Gasteiger partial charge >= 0.3 is 5.97 Å². The van der Waals surface area contributed by atoms with Gasteiger partial charge in [-0.2, -0.15) is 5.26 Å². The number of nitrogens with zero attached hydrogens (tertiary/aromatic N) is 3. The third-order valence-corrected chi connectivity index (χ3v) is 3.00. The van der Waals surface area contributed by atoms with Gasteiger partial charge in [0, 0.05) is 0 Å². The second-order valence-corrected chi connectivity index (χ2v) is 6.86. The van der Waals surface area contributed by atoms with Crippen LogP contribution in [-0.2, 0) is 9.59 Å². The number of carbonyl (C=O) groups is 2. The van der Waals surface area contributed by atoms with Gasteiger partial charge in [0.15, 0.2) is 5.96 Å². The molecule has 2 atom stereocenters. The number of nitriles is 1. The van der Waals surface area contributed by atoms with Gasteiger partial charge in [0.05, 0.1) is 0 Å². The SMILES string of the molecule is CC(C)C[C@@H](N)C(=O)O.CC(C)C[C@@H]1N=C(NC(=N)N)NC1=O.N#CN=C(N)N. The van der Waals surface area contributed by atoms with Crippen LogP contribution in [0.15, 0.2) is 9.98 Å². The number of carboxylic acids is 1. The van der Waals surface area contributed by atoms with Crippen LogP contribution in [0, 0.1) is 28.7 Å². The zero-order valence-electron chi connectivity index (χ0n) is 17.1. The molecule has 1 amide bonds. The minimum Gasteiger partial charge on any atom is -0.480 e. The zero-order valence-corrected chi connectivity index (χ0v) is 17.1. The molecule has 0 aromatic rings. The van der Waals surface area contributed by atoms with Crippen LogP contribution >= 0.6 is 0 Å². The second-order valence-electron chi connectivity index (χ2n) is 6.86. The van der Waals surface area contributed by atoms with Gasteiger partial charge in [-0.1, -0.05) is 27.7 Å². The molecule has 1 aliphatic rings. The molecule has 0 fully saturated rings. The van der Waals surface area contributed by atoms with E-state index < -0.39 is 12.0 Å². The quantitative estimate of drug-likeness (QED) is 0.149. The molecule has 0 aromatic carbocycles. The largest absolute Gasteiger partial charge is 0.480 e. The summed E-state index contributed by atoms with van der Waals surface area (Å²) in [5, 5.41) is 27.9. The third kappa shape index (κ3) is 16.5. The summed E-state index contributed by atoms with van der Waals surface area (Å²) in [6.07, 6.45) is 2.66. The van der Waals surface area contributed by atoms with Crippen LogP contribution in [0.3, 0.4) is 0 Å². The summed E-state index contributed by atoms with van der Waals surface area (Å²) in [6.45, 7) is 7.95. The van der Waals surface area contributed by atoms with E-state index in [1.165, 1.54) is 6.19 Å². The molecule has 0 radical (unpaired) electrons. The first-order valence-electron chi connectivity index (χ1n) is 8.75. The molecule has 12 N–H and O–H groups in total. The fourth-order valence-corrected chi connectivity index (χ4v) is 1.91. The van der Waals surface area contributed by atoms with E-state index in [-0.39, 0.29) is 29.8 Å². The Labute approximate surface area is 170 Å². The highest BCUT2D eigenvalue weighted by molar-refractivity contribution is 6.09. The number of carboxylic acid groups (broad SMARTS) is 1. The molecule has 13 nitrogen and oxygen atoms in total. The molecule has 0 saturated heterocycles. The van der Waals surface area contributed by atoms with Gasteiger partial charge in [-0.05, 0) is 24.7 Å². The third-order valence-electron chi connectivity index (χ3n) is 3.00. The van der Waals surface area contributed by atoms with Gasteiger partial charge in [0.1, 0.15) is 12.1 Å². The minimum atomic E-state index is -0.913. The van der Waals surface area contributed by atoms with Crippen molar-refractivity contribution in [3.05, 3.63) is 0 Å². The Hall–Kier alpha value is -3.40. The number of carbonyl (C=O) groups excluding carboxylic acids is 1. The number of nitrogens with two attached hydrogens (primary N) is 4. The van der Waals surface area contributed by atoms with Crippen LogP contribution in [-0.4, -0.2) is 46.9 Å². The molecule has 13 heteroatoms. The fourth-order valence-electron chi connectivity index (χ4n) is 1.91. The van der Waals surface area contributed by atoms with Crippen LogP contribution < -0.4 is 33.6 Å². The highest BCUT2D eigenvalue weighted by Gasteiger charge is 2.26. The maximum absolute atomic E-state index is 11.3. The molecule has 0 saturated carbocycles. The molecule has 0 bridgehead atoms. The molecule has 0 aromatic heterocycles. The average molecular weight is 412 g/mol. The van der Waals surface area contributed by atoms with Gasteiger partial charge in [-0.15, -0.1) is 4.99 Å². The van der Waals surface area contributed by atoms with Crippen LogP contribution in [0.5, 0.6) is 0 Å². The van der Waals surface area contributed by atoms with Crippen molar-refractivity contribution in [1.82, 2.24) is 10.6 Å². The maximum atomic E-state index is 11.3. The van der Waals surface area contributed by atoms with E-state index in [0.29, 0.717) is 24.7 Å². The molecule has 1 aliphatic heterocycles. The van der Waals surface area contributed by atoms with E-state index in [9.17, 15) is 9.59 Å². The number of rotatable bonds is 5. The highest BCUT2D eigenvalue weighted by Crippen LogP contribution is 2.11. The molecular formula is C16H32N10O3. The Bertz CT molecular complexity index is 648. The summed E-state index contributed by atoms with van der Waals surface area (Å²) in [5.41, 5.74) is 19.7. The lowest BCUT2D eigenvalue weighted by Gasteiger charge is -2.07. The maximum Gasteiger partial charge on any atom is 0.320 e. The summed E-state index contributed by atoms with van der Waals surface area (Å²) in [5.74, 6) is -0.437. The predicted molar refractivity (Wildman–Crippen MR) is 110 cm³/mol. The standard InChI is InChI=1S/C8H15N5O.C6H13NO2.C2H4N4/c1-4(2)3-5-6(14)12-8(11-5)13-7(9)10;1-4(2)3-5(7)6(8)9;3-1-6-2(4)5/h4-5H,3H2,1-2H3,(H5,9,10,11,12,13,14);4-5H,3,7H2,1-2H3,(H,8,9);(H4,4,5,6)/t2*5-;/m01./s1. The molecule has 0 unspecified atom stereocenters. The Kier molecular flexibility index (Phi) is 14.0. The Morgan fingerprint density at radius 3 is 2.17 bits per heavy atom. The summed E-state index contributed by atoms with van der Waals surface area (Å²) in [4.78, 5) is 28.4. The van der Waals surface area contributed by atoms with Gasteiger partial charge in [0.25, 0.3) is 5.91 Å². The number of hydrogen-bond donors (Lipinski definition) is 8. The normalized spacial score (nSPS) is 15.4. The van der Waals surface area contributed by atoms with E-state index in [1.807, 2.05) is 27.7 Å². The van der Waals surface area contributed by atoms with Gasteiger partial charge in [-0.25, -0.2) is 4.99 Å². The highest BCUT2D eigenvalue weighted by atomic mass is 16.4. The molecule has 0 spiro atoms. The number of amides is 1. The lowest BCUT2D eigenvalue weighted by Crippen LogP contribution is -2.43. The molecule has 29 heavy (non-hydrogen) atoms. The topological polar surface area (TPSA) is 255 Å². The monoisotopic (exact) mass is 412 g/mol. The Balaban J connectivity index is 0. The van der Waals surface area contributed by atoms with Crippen molar-refractivity contribution >= 4 is 29.8 Å². The van der Waals surface area contributed by atoms with Crippen LogP contribution in [0.25, 0.3) is 0 Å². The average Bonchev–Trinajstić information content (AvgIpc) is 2.85. The molecule has 1 rings (SSSR count). The van der Waals surface area contributed by atoms with E-state index in [0.717, 1.165) is 0 Å². The van der Waals surface area contributed by atoms with Crippen molar-refractivity contribution in [3.63, 3.8) is 0 Å². The number of guanidine groups is 3. The van der Waals surface area contributed by atoms with Crippen molar-refractivity contribution in [2.75, 3.05) is 0 Å². The summed E-state index contributed by atoms with van der Waals surface area (Å²) < 4.78 is 0. The van der Waals surface area contributed by atoms with Crippen molar-refractivity contribution in [2.24, 2.45) is 44.8 Å². The zero-order chi connectivity index (χ0) is 23.1. The number of hydrogen-bond acceptors (Lipinski definition) is 7. The summed E-state index contributed by atoms with van der Waals surface area (Å²) in [6, 6.07) is -1.04. The van der Waals surface area contributed by atoms with Crippen molar-refractivity contribution in [2.45, 2.75) is 52.6 Å². The second kappa shape index (κ2) is 14.6. The van der Waals surface area contributed by atoms with Crippen molar-refractivity contribution in [1.29, 1.82) is 10.7 Å². The first kappa shape index (κ1) is 27.8. The predicted octanol–water partition coefficient (Wildman–Crippen LogP) is -1.44. The summed E-state index contributed by atoms with van der Waals surface area (Å²) in [7, 11) is 0. The molecular weight excluding hydrogens is 380 g/mol. The summed E-state index contributed by atoms with van der Waals surface area (Å²) >= 11 is 0. The molecule has 164 valence electrons. The van der Waals surface area contributed by atoms with E-state index >= 15 is 0 Å². The van der Waals surface area contributed by atoms with Crippen molar-refractivity contribution in [3.8, 4) is 6.19 Å². The number of aliphatic carboxylic acids is 1. The van der Waals surface area contributed by atoms with Gasteiger partial charge in [-0.3, -0.25) is 25.6 Å². The number of aliphatic imine (C=N–C) groups is 2.